The molecule has 6 aromatic rings. The fourth-order valence-electron chi connectivity index (χ4n) is 5.53. The molecule has 11 heteroatoms. The number of hydrogen-bond donors (Lipinski definition) is 2. The van der Waals surface area contributed by atoms with Crippen LogP contribution in [-0.2, 0) is 0 Å². The van der Waals surface area contributed by atoms with Crippen LogP contribution >= 0.6 is 0 Å². The molecule has 1 amide bonds. The van der Waals surface area contributed by atoms with Crippen LogP contribution < -0.4 is 10.2 Å². The summed E-state index contributed by atoms with van der Waals surface area (Å²) in [7, 11) is 0. The van der Waals surface area contributed by atoms with Gasteiger partial charge in [0.15, 0.2) is 5.65 Å². The Bertz CT molecular complexity index is 1890. The van der Waals surface area contributed by atoms with E-state index >= 15 is 4.39 Å². The number of anilines is 1. The van der Waals surface area contributed by atoms with E-state index in [4.69, 9.17) is 0 Å². The number of nitrogens with zero attached hydrogens (tertiary/aromatic N) is 7. The third kappa shape index (κ3) is 4.40. The van der Waals surface area contributed by atoms with Crippen molar-refractivity contribution < 1.29 is 9.18 Å². The van der Waals surface area contributed by atoms with Gasteiger partial charge in [-0.05, 0) is 73.7 Å². The molecule has 1 aliphatic heterocycles. The van der Waals surface area contributed by atoms with Gasteiger partial charge in [-0.1, -0.05) is 23.4 Å². The summed E-state index contributed by atoms with van der Waals surface area (Å²) in [6.45, 7) is 3.48. The first kappa shape index (κ1) is 25.0. The Morgan fingerprint density at radius 3 is 2.83 bits per heavy atom. The van der Waals surface area contributed by atoms with Crippen LogP contribution in [0.3, 0.4) is 0 Å². The number of rotatable bonds is 5. The van der Waals surface area contributed by atoms with E-state index in [1.54, 1.807) is 29.4 Å². The van der Waals surface area contributed by atoms with Gasteiger partial charge in [0.25, 0.3) is 5.91 Å². The van der Waals surface area contributed by atoms with Crippen LogP contribution in [-0.4, -0.2) is 60.2 Å². The lowest BCUT2D eigenvalue weighted by molar-refractivity contribution is 0.0968. The van der Waals surface area contributed by atoms with Crippen molar-refractivity contribution in [1.82, 2.24) is 40.5 Å². The molecule has 2 N–H and O–H groups in total. The quantitative estimate of drug-likeness (QED) is 0.324. The van der Waals surface area contributed by atoms with Crippen molar-refractivity contribution in [3.05, 3.63) is 90.0 Å². The first-order valence-corrected chi connectivity index (χ1v) is 13.5. The lowest BCUT2D eigenvalue weighted by atomic mass is 10.0. The van der Waals surface area contributed by atoms with Crippen LogP contribution in [0, 0.1) is 12.7 Å². The Kier molecular flexibility index (Phi) is 6.20. The van der Waals surface area contributed by atoms with Crippen molar-refractivity contribution in [2.24, 2.45) is 0 Å². The third-order valence-corrected chi connectivity index (χ3v) is 7.56. The number of carbonyl (C=O) groups is 1. The third-order valence-electron chi connectivity index (χ3n) is 7.56. The van der Waals surface area contributed by atoms with E-state index in [0.717, 1.165) is 41.4 Å². The number of pyridine rings is 2. The molecule has 0 unspecified atom stereocenters. The lowest BCUT2D eigenvalue weighted by Crippen LogP contribution is -2.49. The Labute approximate surface area is 234 Å². The molecule has 1 aliphatic rings. The number of aromatic nitrogens is 7. The van der Waals surface area contributed by atoms with Crippen LogP contribution in [0.15, 0.2) is 73.1 Å². The maximum absolute atomic E-state index is 15.9. The molecule has 0 saturated carbocycles. The number of H-pyrrole nitrogens is 1. The Morgan fingerprint density at radius 1 is 1.10 bits per heavy atom. The summed E-state index contributed by atoms with van der Waals surface area (Å²) < 4.78 is 17.3. The molecule has 1 atom stereocenters. The van der Waals surface area contributed by atoms with Gasteiger partial charge in [-0.2, -0.15) is 9.78 Å². The number of piperidine rings is 1. The summed E-state index contributed by atoms with van der Waals surface area (Å²) in [5.41, 5.74) is 3.77. The van der Waals surface area contributed by atoms with Gasteiger partial charge in [0.05, 0.1) is 28.7 Å². The van der Waals surface area contributed by atoms with Gasteiger partial charge in [-0.15, -0.1) is 5.10 Å². The topological polar surface area (TPSA) is 118 Å². The van der Waals surface area contributed by atoms with Gasteiger partial charge in [-0.3, -0.25) is 14.8 Å². The number of halogens is 1. The van der Waals surface area contributed by atoms with E-state index in [1.165, 1.54) is 16.8 Å². The second-order valence-corrected chi connectivity index (χ2v) is 10.2. The zero-order valence-electron chi connectivity index (χ0n) is 22.3. The summed E-state index contributed by atoms with van der Waals surface area (Å²) in [6.07, 6.45) is 5.04. The van der Waals surface area contributed by atoms with Crippen molar-refractivity contribution in [2.75, 3.05) is 18.0 Å². The van der Waals surface area contributed by atoms with Crippen LogP contribution in [0.4, 0.5) is 10.2 Å². The summed E-state index contributed by atoms with van der Waals surface area (Å²) in [5, 5.41) is 20.5. The average Bonchev–Trinajstić information content (AvgIpc) is 3.68. The smallest absolute Gasteiger partial charge is 0.262 e. The number of benzene rings is 2. The number of carbonyl (C=O) groups excluding carboxylic acids is 1. The molecular formula is C30H26FN9O. The van der Waals surface area contributed by atoms with Gasteiger partial charge >= 0.3 is 0 Å². The van der Waals surface area contributed by atoms with E-state index in [9.17, 15) is 4.79 Å². The van der Waals surface area contributed by atoms with E-state index in [2.05, 4.69) is 35.8 Å². The molecule has 41 heavy (non-hydrogen) atoms. The van der Waals surface area contributed by atoms with Gasteiger partial charge in [0.2, 0.25) is 0 Å². The minimum Gasteiger partial charge on any atom is -0.315 e. The van der Waals surface area contributed by atoms with E-state index in [0.29, 0.717) is 34.9 Å². The Balaban J connectivity index is 1.30. The highest BCUT2D eigenvalue weighted by Crippen LogP contribution is 2.32. The monoisotopic (exact) mass is 547 g/mol. The van der Waals surface area contributed by atoms with E-state index in [1.807, 2.05) is 43.3 Å². The van der Waals surface area contributed by atoms with Crippen LogP contribution in [0.25, 0.3) is 39.0 Å². The van der Waals surface area contributed by atoms with Crippen molar-refractivity contribution in [2.45, 2.75) is 25.8 Å². The molecule has 1 saturated heterocycles. The number of amides is 1. The average molecular weight is 548 g/mol. The highest BCUT2D eigenvalue weighted by atomic mass is 19.1. The van der Waals surface area contributed by atoms with Gasteiger partial charge in [0.1, 0.15) is 17.2 Å². The van der Waals surface area contributed by atoms with Crippen molar-refractivity contribution in [3.63, 3.8) is 0 Å². The largest absolute Gasteiger partial charge is 0.315 e. The number of nitrogens with one attached hydrogen (secondary N) is 2. The molecule has 0 aliphatic carbocycles. The van der Waals surface area contributed by atoms with Crippen LogP contribution in [0.5, 0.6) is 0 Å². The fourth-order valence-corrected chi connectivity index (χ4v) is 5.53. The predicted molar refractivity (Wildman–Crippen MR) is 153 cm³/mol. The first-order valence-electron chi connectivity index (χ1n) is 13.5. The highest BCUT2D eigenvalue weighted by molar-refractivity contribution is 6.11. The maximum Gasteiger partial charge on any atom is 0.262 e. The summed E-state index contributed by atoms with van der Waals surface area (Å²) >= 11 is 0. The van der Waals surface area contributed by atoms with E-state index < -0.39 is 11.7 Å². The Hall–Kier alpha value is -5.03. The zero-order chi connectivity index (χ0) is 27.9. The number of aryl methyl sites for hydroxylation is 1. The molecule has 204 valence electrons. The Morgan fingerprint density at radius 2 is 2.02 bits per heavy atom. The predicted octanol–water partition coefficient (Wildman–Crippen LogP) is 4.60. The summed E-state index contributed by atoms with van der Waals surface area (Å²) in [6, 6.07) is 17.6. The maximum atomic E-state index is 15.9. The summed E-state index contributed by atoms with van der Waals surface area (Å²) in [4.78, 5) is 25.2. The van der Waals surface area contributed by atoms with Crippen molar-refractivity contribution in [1.29, 1.82) is 0 Å². The second-order valence-electron chi connectivity index (χ2n) is 10.2. The standard InChI is InChI=1S/C30H26FN9O/c1-18-4-2-5-19-11-14-33-29(27(18)19)39(21-6-3-13-32-17-21)30(41)22-8-7-20(16-23(22)31)40-28-26(37-38-40)10-9-24(35-28)25-12-15-34-36-25/h2,4-5,7-12,14-16,21,32H,3,6,13,17H2,1H3,(H,34,36)/t21-/m1/s1. The van der Waals surface area contributed by atoms with Gasteiger partial charge in [-0.25, -0.2) is 14.4 Å². The minimum absolute atomic E-state index is 0.0396. The second kappa shape index (κ2) is 10.2. The molecule has 1 fully saturated rings. The normalized spacial score (nSPS) is 15.4. The van der Waals surface area contributed by atoms with E-state index in [-0.39, 0.29) is 11.6 Å². The highest BCUT2D eigenvalue weighted by Gasteiger charge is 2.32. The molecule has 0 radical (unpaired) electrons. The van der Waals surface area contributed by atoms with Crippen LogP contribution in [0.1, 0.15) is 28.8 Å². The summed E-state index contributed by atoms with van der Waals surface area (Å²) in [5.74, 6) is -0.554. The molecule has 7 rings (SSSR count). The van der Waals surface area contributed by atoms with Gasteiger partial charge in [0, 0.05) is 30.4 Å². The minimum atomic E-state index is -0.661. The molecule has 2 aromatic carbocycles. The molecule has 0 spiro atoms. The van der Waals surface area contributed by atoms with Gasteiger partial charge < -0.3 is 5.32 Å². The zero-order valence-corrected chi connectivity index (χ0v) is 22.3. The number of fused-ring (bicyclic) bond motifs is 2. The molecule has 4 aromatic heterocycles. The molecule has 5 heterocycles. The van der Waals surface area contributed by atoms with Crippen molar-refractivity contribution in [3.8, 4) is 17.1 Å². The molecule has 0 bridgehead atoms. The first-order chi connectivity index (χ1) is 20.1. The number of aromatic amines is 1. The molecule has 10 nitrogen and oxygen atoms in total. The lowest BCUT2D eigenvalue weighted by Gasteiger charge is -2.35. The molecular weight excluding hydrogens is 521 g/mol. The SMILES string of the molecule is Cc1cccc2ccnc(N(C(=O)c3ccc(-n4nnc5ccc(-c6ccn[nH]6)nc54)cc3F)[C@@H]3CCCNC3)c12. The van der Waals surface area contributed by atoms with Crippen molar-refractivity contribution >= 4 is 33.7 Å². The number of hydrogen-bond acceptors (Lipinski definition) is 7. The van der Waals surface area contributed by atoms with Crippen LogP contribution in [0.2, 0.25) is 0 Å². The fraction of sp³-hybridized carbons (Fsp3) is 0.200.